The van der Waals surface area contributed by atoms with Gasteiger partial charge in [0.25, 0.3) is 0 Å². The van der Waals surface area contributed by atoms with E-state index in [0.717, 1.165) is 24.3 Å². The van der Waals surface area contributed by atoms with Gasteiger partial charge in [0.2, 0.25) is 3.79 Å². The van der Waals surface area contributed by atoms with Crippen molar-refractivity contribution in [1.29, 1.82) is 0 Å². The molecule has 88 valence electrons. The van der Waals surface area contributed by atoms with Crippen LogP contribution in [0, 0.1) is 0 Å². The van der Waals surface area contributed by atoms with E-state index in [9.17, 15) is 0 Å². The summed E-state index contributed by atoms with van der Waals surface area (Å²) >= 11 is 17.9. The van der Waals surface area contributed by atoms with Crippen molar-refractivity contribution in [3.63, 3.8) is 0 Å². The number of hydrogen-bond acceptors (Lipinski definition) is 2. The first-order valence-electron chi connectivity index (χ1n) is 4.99. The van der Waals surface area contributed by atoms with Crippen LogP contribution in [0.2, 0.25) is 0 Å². The summed E-state index contributed by atoms with van der Waals surface area (Å²) in [4.78, 5) is 0. The van der Waals surface area contributed by atoms with Crippen LogP contribution in [0.1, 0.15) is 17.2 Å². The van der Waals surface area contributed by atoms with Gasteiger partial charge >= 0.3 is 0 Å². The molecular formula is C11H12Cl3NO. The molecule has 0 saturated heterocycles. The summed E-state index contributed by atoms with van der Waals surface area (Å²) < 4.78 is 3.85. The lowest BCUT2D eigenvalue weighted by atomic mass is 9.95. The zero-order valence-electron chi connectivity index (χ0n) is 8.77. The normalized spacial score (nSPS) is 20.4. The van der Waals surface area contributed by atoms with Crippen LogP contribution in [0.5, 0.6) is 5.75 Å². The van der Waals surface area contributed by atoms with Crippen LogP contribution in [0.25, 0.3) is 0 Å². The van der Waals surface area contributed by atoms with Crippen LogP contribution in [0.4, 0.5) is 0 Å². The minimum atomic E-state index is -1.33. The maximum Gasteiger partial charge on any atom is 0.209 e. The average molecular weight is 281 g/mol. The molecule has 1 unspecified atom stereocenters. The predicted molar refractivity (Wildman–Crippen MR) is 67.7 cm³/mol. The SMILES string of the molecule is COc1ccc2c(c1)CCNC2C(Cl)(Cl)Cl. The van der Waals surface area contributed by atoms with Crippen molar-refractivity contribution < 1.29 is 4.74 Å². The molecule has 1 aliphatic heterocycles. The van der Waals surface area contributed by atoms with E-state index < -0.39 is 3.79 Å². The smallest absolute Gasteiger partial charge is 0.209 e. The van der Waals surface area contributed by atoms with Crippen molar-refractivity contribution in [3.8, 4) is 5.75 Å². The van der Waals surface area contributed by atoms with Crippen LogP contribution in [-0.2, 0) is 6.42 Å². The molecule has 0 spiro atoms. The van der Waals surface area contributed by atoms with E-state index in [0.29, 0.717) is 0 Å². The molecule has 0 fully saturated rings. The minimum Gasteiger partial charge on any atom is -0.497 e. The standard InChI is InChI=1S/C11H12Cl3NO/c1-16-8-2-3-9-7(6-8)4-5-15-10(9)11(12,13)14/h2-3,6,10,15H,4-5H2,1H3. The third-order valence-corrected chi connectivity index (χ3v) is 3.39. The molecule has 1 aliphatic rings. The molecule has 1 aromatic carbocycles. The van der Waals surface area contributed by atoms with Gasteiger partial charge in [0.05, 0.1) is 13.2 Å². The highest BCUT2D eigenvalue weighted by Crippen LogP contribution is 2.42. The summed E-state index contributed by atoms with van der Waals surface area (Å²) in [5.74, 6) is 0.837. The Labute approximate surface area is 110 Å². The number of hydrogen-bond donors (Lipinski definition) is 1. The molecule has 1 aromatic rings. The summed E-state index contributed by atoms with van der Waals surface area (Å²) in [5, 5.41) is 3.22. The Morgan fingerprint density at radius 1 is 1.38 bits per heavy atom. The van der Waals surface area contributed by atoms with Crippen molar-refractivity contribution in [2.45, 2.75) is 16.3 Å². The third kappa shape index (κ3) is 2.40. The van der Waals surface area contributed by atoms with Gasteiger partial charge in [-0.2, -0.15) is 0 Å². The molecule has 0 aliphatic carbocycles. The van der Waals surface area contributed by atoms with Gasteiger partial charge < -0.3 is 10.1 Å². The molecule has 0 saturated carbocycles. The predicted octanol–water partition coefficient (Wildman–Crippen LogP) is 3.25. The van der Waals surface area contributed by atoms with Crippen LogP contribution in [0.3, 0.4) is 0 Å². The van der Waals surface area contributed by atoms with Crippen molar-refractivity contribution in [1.82, 2.24) is 5.32 Å². The summed E-state index contributed by atoms with van der Waals surface area (Å²) in [6.45, 7) is 0.804. The van der Waals surface area contributed by atoms with Crippen LogP contribution >= 0.6 is 34.8 Å². The minimum absolute atomic E-state index is 0.257. The average Bonchev–Trinajstić information content (AvgIpc) is 2.26. The van der Waals surface area contributed by atoms with Gasteiger partial charge in [-0.3, -0.25) is 0 Å². The van der Waals surface area contributed by atoms with Crippen LogP contribution in [-0.4, -0.2) is 17.4 Å². The topological polar surface area (TPSA) is 21.3 Å². The molecule has 0 radical (unpaired) electrons. The van der Waals surface area contributed by atoms with E-state index >= 15 is 0 Å². The van der Waals surface area contributed by atoms with Crippen molar-refractivity contribution in [2.75, 3.05) is 13.7 Å². The summed E-state index contributed by atoms with van der Waals surface area (Å²) in [6.07, 6.45) is 0.920. The number of halogens is 3. The Bertz CT molecular complexity index is 389. The molecule has 0 amide bonds. The lowest BCUT2D eigenvalue weighted by Crippen LogP contribution is -2.37. The Morgan fingerprint density at radius 2 is 2.12 bits per heavy atom. The number of nitrogens with one attached hydrogen (secondary N) is 1. The lowest BCUT2D eigenvalue weighted by Gasteiger charge is -2.32. The molecule has 2 rings (SSSR count). The molecule has 2 nitrogen and oxygen atoms in total. The monoisotopic (exact) mass is 279 g/mol. The highest BCUT2D eigenvalue weighted by atomic mass is 35.6. The fourth-order valence-electron chi connectivity index (χ4n) is 1.96. The van der Waals surface area contributed by atoms with Crippen molar-refractivity contribution >= 4 is 34.8 Å². The van der Waals surface area contributed by atoms with E-state index in [2.05, 4.69) is 5.32 Å². The van der Waals surface area contributed by atoms with Crippen molar-refractivity contribution in [3.05, 3.63) is 29.3 Å². The largest absolute Gasteiger partial charge is 0.497 e. The lowest BCUT2D eigenvalue weighted by molar-refractivity contribution is 0.412. The van der Waals surface area contributed by atoms with Gasteiger partial charge in [0.15, 0.2) is 0 Å². The Balaban J connectivity index is 2.40. The zero-order chi connectivity index (χ0) is 11.8. The van der Waals surface area contributed by atoms with Gasteiger partial charge in [-0.1, -0.05) is 40.9 Å². The molecule has 1 heterocycles. The summed E-state index contributed by atoms with van der Waals surface area (Å²) in [5.41, 5.74) is 2.21. The van der Waals surface area contributed by atoms with Crippen molar-refractivity contribution in [2.24, 2.45) is 0 Å². The second kappa shape index (κ2) is 4.61. The molecular weight excluding hydrogens is 268 g/mol. The highest BCUT2D eigenvalue weighted by Gasteiger charge is 2.36. The Kier molecular flexibility index (Phi) is 3.55. The van der Waals surface area contributed by atoms with Gasteiger partial charge in [0.1, 0.15) is 5.75 Å². The van der Waals surface area contributed by atoms with E-state index in [1.54, 1.807) is 7.11 Å². The maximum absolute atomic E-state index is 5.95. The molecule has 1 N–H and O–H groups in total. The van der Waals surface area contributed by atoms with Gasteiger partial charge in [-0.15, -0.1) is 0 Å². The number of ether oxygens (including phenoxy) is 1. The van der Waals surface area contributed by atoms with Gasteiger partial charge in [-0.05, 0) is 36.2 Å². The summed E-state index contributed by atoms with van der Waals surface area (Å²) in [7, 11) is 1.65. The first-order chi connectivity index (χ1) is 7.52. The van der Waals surface area contributed by atoms with E-state index in [1.807, 2.05) is 18.2 Å². The fraction of sp³-hybridized carbons (Fsp3) is 0.455. The molecule has 0 aromatic heterocycles. The van der Waals surface area contributed by atoms with Crippen LogP contribution < -0.4 is 10.1 Å². The van der Waals surface area contributed by atoms with E-state index in [4.69, 9.17) is 39.5 Å². The molecule has 16 heavy (non-hydrogen) atoms. The number of methoxy groups -OCH3 is 1. The highest BCUT2D eigenvalue weighted by molar-refractivity contribution is 6.68. The quantitative estimate of drug-likeness (QED) is 0.797. The first-order valence-corrected chi connectivity index (χ1v) is 6.12. The Morgan fingerprint density at radius 3 is 2.75 bits per heavy atom. The van der Waals surface area contributed by atoms with Gasteiger partial charge in [-0.25, -0.2) is 0 Å². The first kappa shape index (κ1) is 12.3. The maximum atomic E-state index is 5.95. The molecule has 5 heteroatoms. The molecule has 1 atom stereocenters. The number of alkyl halides is 3. The van der Waals surface area contributed by atoms with E-state index in [-0.39, 0.29) is 6.04 Å². The summed E-state index contributed by atoms with van der Waals surface area (Å²) in [6, 6.07) is 5.58. The number of benzene rings is 1. The molecule has 0 bridgehead atoms. The number of rotatable bonds is 1. The second-order valence-corrected chi connectivity index (χ2v) is 6.11. The number of fused-ring (bicyclic) bond motifs is 1. The fourth-order valence-corrected chi connectivity index (χ4v) is 2.54. The Hall–Kier alpha value is -0.150. The van der Waals surface area contributed by atoms with E-state index in [1.165, 1.54) is 5.56 Å². The zero-order valence-corrected chi connectivity index (χ0v) is 11.0. The second-order valence-electron chi connectivity index (χ2n) is 3.74. The van der Waals surface area contributed by atoms with Gasteiger partial charge in [0, 0.05) is 0 Å². The third-order valence-electron chi connectivity index (χ3n) is 2.73. The van der Waals surface area contributed by atoms with Crippen LogP contribution in [0.15, 0.2) is 18.2 Å².